The number of hydrogen-bond acceptors (Lipinski definition) is 7. The van der Waals surface area contributed by atoms with Gasteiger partial charge in [0, 0.05) is 23.1 Å². The summed E-state index contributed by atoms with van der Waals surface area (Å²) in [6.07, 6.45) is 0.560. The van der Waals surface area contributed by atoms with Gasteiger partial charge in [0.2, 0.25) is 11.9 Å². The highest BCUT2D eigenvalue weighted by atomic mass is 19.1. The number of aromatic nitrogens is 3. The van der Waals surface area contributed by atoms with Crippen molar-refractivity contribution in [2.24, 2.45) is 0 Å². The number of ether oxygens (including phenoxy) is 1. The summed E-state index contributed by atoms with van der Waals surface area (Å²) in [6.45, 7) is 17.5. The van der Waals surface area contributed by atoms with Crippen molar-refractivity contribution in [3.8, 4) is 22.9 Å². The van der Waals surface area contributed by atoms with Crippen molar-refractivity contribution in [1.29, 1.82) is 0 Å². The predicted octanol–water partition coefficient (Wildman–Crippen LogP) is 6.84. The lowest BCUT2D eigenvalue weighted by Crippen LogP contribution is -2.31. The highest BCUT2D eigenvalue weighted by Gasteiger charge is 2.40. The van der Waals surface area contributed by atoms with Crippen molar-refractivity contribution in [2.45, 2.75) is 78.1 Å². The molecule has 1 aromatic heterocycles. The van der Waals surface area contributed by atoms with Gasteiger partial charge in [0.15, 0.2) is 5.82 Å². The Hall–Kier alpha value is -4.53. The summed E-state index contributed by atoms with van der Waals surface area (Å²) in [6, 6.07) is 14.5. The quantitative estimate of drug-likeness (QED) is 0.230. The van der Waals surface area contributed by atoms with E-state index in [9.17, 15) is 9.18 Å². The number of nitrogens with one attached hydrogen (secondary N) is 1. The van der Waals surface area contributed by atoms with E-state index in [0.717, 1.165) is 27.8 Å². The fourth-order valence-electron chi connectivity index (χ4n) is 5.45. The molecule has 0 saturated heterocycles. The van der Waals surface area contributed by atoms with E-state index in [4.69, 9.17) is 16.2 Å². The summed E-state index contributed by atoms with van der Waals surface area (Å²) < 4.78 is 20.1. The zero-order chi connectivity index (χ0) is 32.2. The molecule has 5 rings (SSSR count). The Balaban J connectivity index is 1.66. The largest absolute Gasteiger partial charge is 0.455 e. The molecule has 3 aromatic carbocycles. The topological polar surface area (TPSA) is 129 Å². The van der Waals surface area contributed by atoms with Gasteiger partial charge >= 0.3 is 0 Å². The average molecular weight is 597 g/mol. The van der Waals surface area contributed by atoms with Crippen LogP contribution in [0.15, 0.2) is 48.5 Å². The van der Waals surface area contributed by atoms with Gasteiger partial charge in [0.05, 0.1) is 11.1 Å². The molecule has 0 atom stereocenters. The monoisotopic (exact) mass is 596 g/mol. The van der Waals surface area contributed by atoms with Crippen LogP contribution in [0.4, 0.5) is 16.3 Å². The number of fused-ring (bicyclic) bond motifs is 2. The fraction of sp³-hybridized carbons (Fsp3) is 0.371. The molecule has 44 heavy (non-hydrogen) atoms. The maximum atomic E-state index is 13.9. The van der Waals surface area contributed by atoms with Crippen LogP contribution in [0.3, 0.4) is 0 Å². The van der Waals surface area contributed by atoms with Crippen molar-refractivity contribution < 1.29 is 13.9 Å². The Morgan fingerprint density at radius 2 is 1.39 bits per heavy atom. The summed E-state index contributed by atoms with van der Waals surface area (Å²) in [5.74, 6) is 0.796. The standard InChI is InChI=1S/C35H41FN6O2/c1-33(2,3)20-15-23(29-40-31(37)42-32(38)41-29)27-25(17-20)35(7,8)26-18-21(34(4,5)6)16-24(28(26)44-27)30(43)39-14-13-19-9-11-22(36)12-10-19/h9-12,15-18H,13-14H2,1-8H3,(H,39,43)(H4,37,38,40,41,42). The zero-order valence-electron chi connectivity index (χ0n) is 26.7. The summed E-state index contributed by atoms with van der Waals surface area (Å²) in [5.41, 5.74) is 16.9. The van der Waals surface area contributed by atoms with E-state index in [2.05, 4.69) is 87.8 Å². The molecule has 0 fully saturated rings. The van der Waals surface area contributed by atoms with Crippen LogP contribution in [0.2, 0.25) is 0 Å². The Kier molecular flexibility index (Phi) is 7.64. The first-order valence-corrected chi connectivity index (χ1v) is 14.8. The molecule has 9 heteroatoms. The van der Waals surface area contributed by atoms with Crippen molar-refractivity contribution in [3.05, 3.63) is 87.7 Å². The van der Waals surface area contributed by atoms with E-state index in [-0.39, 0.29) is 34.5 Å². The van der Waals surface area contributed by atoms with E-state index in [1.54, 1.807) is 12.1 Å². The number of halogens is 1. The number of carbonyl (C=O) groups excluding carboxylic acids is 1. The molecule has 0 saturated carbocycles. The molecule has 0 spiro atoms. The van der Waals surface area contributed by atoms with Crippen LogP contribution in [0.5, 0.6) is 11.5 Å². The lowest BCUT2D eigenvalue weighted by Gasteiger charge is -2.38. The minimum atomic E-state index is -0.562. The van der Waals surface area contributed by atoms with Crippen molar-refractivity contribution in [3.63, 3.8) is 0 Å². The van der Waals surface area contributed by atoms with Crippen LogP contribution >= 0.6 is 0 Å². The maximum Gasteiger partial charge on any atom is 0.255 e. The summed E-state index contributed by atoms with van der Waals surface area (Å²) in [5, 5.41) is 3.05. The third-order valence-corrected chi connectivity index (χ3v) is 8.23. The smallest absolute Gasteiger partial charge is 0.255 e. The van der Waals surface area contributed by atoms with Crippen LogP contribution in [0.25, 0.3) is 11.4 Å². The Morgan fingerprint density at radius 3 is 1.95 bits per heavy atom. The second kappa shape index (κ2) is 10.9. The van der Waals surface area contributed by atoms with Crippen LogP contribution in [-0.2, 0) is 22.7 Å². The van der Waals surface area contributed by atoms with E-state index in [1.165, 1.54) is 12.1 Å². The van der Waals surface area contributed by atoms with Gasteiger partial charge in [-0.1, -0.05) is 79.7 Å². The number of rotatable bonds is 5. The molecule has 4 aromatic rings. The van der Waals surface area contributed by atoms with Crippen LogP contribution in [-0.4, -0.2) is 27.4 Å². The van der Waals surface area contributed by atoms with Crippen LogP contribution in [0, 0.1) is 5.82 Å². The van der Waals surface area contributed by atoms with E-state index >= 15 is 0 Å². The molecule has 8 nitrogen and oxygen atoms in total. The number of nitrogens with two attached hydrogens (primary N) is 2. The highest BCUT2D eigenvalue weighted by Crippen LogP contribution is 2.54. The second-order valence-electron chi connectivity index (χ2n) is 14.0. The third kappa shape index (κ3) is 5.96. The van der Waals surface area contributed by atoms with Gasteiger partial charge in [-0.25, -0.2) is 4.39 Å². The number of benzene rings is 3. The van der Waals surface area contributed by atoms with Gasteiger partial charge in [-0.3, -0.25) is 4.79 Å². The SMILES string of the molecule is CC(C)(C)c1cc(C(=O)NCCc2ccc(F)cc2)c2c(c1)C(C)(C)c1cc(C(C)(C)C)cc(-c3nc(N)nc(N)n3)c1O2. The first-order chi connectivity index (χ1) is 20.4. The van der Waals surface area contributed by atoms with Crippen molar-refractivity contribution in [1.82, 2.24) is 20.3 Å². The van der Waals surface area contributed by atoms with E-state index in [0.29, 0.717) is 41.4 Å². The average Bonchev–Trinajstić information content (AvgIpc) is 2.91. The molecule has 2 heterocycles. The molecule has 1 amide bonds. The first kappa shape index (κ1) is 30.9. The number of amides is 1. The van der Waals surface area contributed by atoms with E-state index < -0.39 is 5.41 Å². The number of carbonyl (C=O) groups is 1. The van der Waals surface area contributed by atoms with Crippen LogP contribution in [0.1, 0.15) is 93.6 Å². The third-order valence-electron chi connectivity index (χ3n) is 8.23. The van der Waals surface area contributed by atoms with Crippen molar-refractivity contribution in [2.75, 3.05) is 18.0 Å². The predicted molar refractivity (Wildman–Crippen MR) is 173 cm³/mol. The maximum absolute atomic E-state index is 13.9. The zero-order valence-corrected chi connectivity index (χ0v) is 26.7. The van der Waals surface area contributed by atoms with Gasteiger partial charge in [0.25, 0.3) is 5.91 Å². The highest BCUT2D eigenvalue weighted by molar-refractivity contribution is 5.98. The normalized spacial score (nSPS) is 13.9. The molecule has 0 aliphatic carbocycles. The number of nitrogens with zero attached hydrogens (tertiary/aromatic N) is 3. The van der Waals surface area contributed by atoms with Crippen molar-refractivity contribution >= 4 is 17.8 Å². The molecule has 1 aliphatic rings. The van der Waals surface area contributed by atoms with Gasteiger partial charge in [0.1, 0.15) is 17.3 Å². The van der Waals surface area contributed by atoms with Gasteiger partial charge in [-0.2, -0.15) is 15.0 Å². The van der Waals surface area contributed by atoms with Gasteiger partial charge in [-0.15, -0.1) is 0 Å². The summed E-state index contributed by atoms with van der Waals surface area (Å²) in [4.78, 5) is 26.7. The Labute approximate surface area is 258 Å². The second-order valence-corrected chi connectivity index (χ2v) is 14.0. The minimum Gasteiger partial charge on any atom is -0.455 e. The van der Waals surface area contributed by atoms with Crippen LogP contribution < -0.4 is 21.5 Å². The molecule has 0 bridgehead atoms. The first-order valence-electron chi connectivity index (χ1n) is 14.8. The molecule has 0 unspecified atom stereocenters. The number of nitrogen functional groups attached to an aromatic ring is 2. The molecule has 0 radical (unpaired) electrons. The van der Waals surface area contributed by atoms with Gasteiger partial charge < -0.3 is 21.5 Å². The van der Waals surface area contributed by atoms with Gasteiger partial charge in [-0.05, 0) is 58.2 Å². The summed E-state index contributed by atoms with van der Waals surface area (Å²) in [7, 11) is 0. The fourth-order valence-corrected chi connectivity index (χ4v) is 5.45. The Bertz CT molecular complexity index is 1730. The number of anilines is 2. The lowest BCUT2D eigenvalue weighted by atomic mass is 9.70. The molecule has 5 N–H and O–H groups in total. The summed E-state index contributed by atoms with van der Waals surface area (Å²) >= 11 is 0. The molecule has 230 valence electrons. The lowest BCUT2D eigenvalue weighted by molar-refractivity contribution is 0.0951. The van der Waals surface area contributed by atoms with E-state index in [1.807, 2.05) is 12.1 Å². The Morgan fingerprint density at radius 1 is 0.841 bits per heavy atom. The minimum absolute atomic E-state index is 0.00826. The molecular formula is C35H41FN6O2. The number of hydrogen-bond donors (Lipinski definition) is 3. The molecular weight excluding hydrogens is 555 g/mol. The molecule has 1 aliphatic heterocycles.